The van der Waals surface area contributed by atoms with Gasteiger partial charge in [0.25, 0.3) is 0 Å². The number of fused-ring (bicyclic) bond motifs is 1. The fraction of sp³-hybridized carbons (Fsp3) is 0.424. The molecule has 10 heteroatoms. The molecule has 0 spiro atoms. The third kappa shape index (κ3) is 7.52. The van der Waals surface area contributed by atoms with E-state index in [1.54, 1.807) is 31.3 Å². The summed E-state index contributed by atoms with van der Waals surface area (Å²) >= 11 is 6.26. The maximum Gasteiger partial charge on any atom is 0.354 e. The number of amidine groups is 1. The lowest BCUT2D eigenvalue weighted by molar-refractivity contribution is 0.297. The van der Waals surface area contributed by atoms with Gasteiger partial charge >= 0.3 is 5.69 Å². The van der Waals surface area contributed by atoms with Gasteiger partial charge in [0.1, 0.15) is 5.65 Å². The van der Waals surface area contributed by atoms with Crippen molar-refractivity contribution in [1.82, 2.24) is 25.2 Å². The largest absolute Gasteiger partial charge is 0.372 e. The Morgan fingerprint density at radius 1 is 1.23 bits per heavy atom. The van der Waals surface area contributed by atoms with Gasteiger partial charge in [-0.1, -0.05) is 30.2 Å². The van der Waals surface area contributed by atoms with Crippen LogP contribution in [0.5, 0.6) is 0 Å². The summed E-state index contributed by atoms with van der Waals surface area (Å²) in [5.74, 6) is -0.0205. The second-order valence-corrected chi connectivity index (χ2v) is 12.4. The van der Waals surface area contributed by atoms with E-state index in [1.807, 2.05) is 19.1 Å². The van der Waals surface area contributed by atoms with Gasteiger partial charge < -0.3 is 21.4 Å². The Morgan fingerprint density at radius 3 is 2.72 bits per heavy atom. The van der Waals surface area contributed by atoms with Crippen molar-refractivity contribution in [3.63, 3.8) is 0 Å². The van der Waals surface area contributed by atoms with Gasteiger partial charge in [-0.15, -0.1) is 0 Å². The summed E-state index contributed by atoms with van der Waals surface area (Å²) < 4.78 is 16.6. The number of H-pyrrole nitrogens is 1. The van der Waals surface area contributed by atoms with Crippen molar-refractivity contribution in [2.75, 3.05) is 0 Å². The number of hydrogen-bond acceptors (Lipinski definition) is 5. The molecule has 1 aliphatic heterocycles. The molecule has 1 aliphatic rings. The SMILES string of the molecule is CC(=N)N[C@H](C)C[C@@H]1CCC[C@@H](c2ccc(-n3cc4cc(-c5cc(CCC[C@H](C)N)cc(Cl)c5F)[nH]c4nc3=O)cc2)N1. The Bertz CT molecular complexity index is 1650. The lowest BCUT2D eigenvalue weighted by atomic mass is 9.90. The summed E-state index contributed by atoms with van der Waals surface area (Å²) in [5.41, 5.74) is 9.53. The van der Waals surface area contributed by atoms with Gasteiger partial charge in [0, 0.05) is 41.3 Å². The van der Waals surface area contributed by atoms with Crippen LogP contribution < -0.4 is 22.1 Å². The van der Waals surface area contributed by atoms with Gasteiger partial charge in [-0.05, 0) is 101 Å². The first-order valence-corrected chi connectivity index (χ1v) is 15.5. The third-order valence-corrected chi connectivity index (χ3v) is 8.44. The molecule has 0 amide bonds. The zero-order valence-electron chi connectivity index (χ0n) is 25.0. The van der Waals surface area contributed by atoms with Crippen LogP contribution in [0, 0.1) is 11.2 Å². The number of rotatable bonds is 10. The molecule has 228 valence electrons. The van der Waals surface area contributed by atoms with Gasteiger partial charge in [0.15, 0.2) is 5.82 Å². The molecular weight excluding hydrogens is 565 g/mol. The summed E-state index contributed by atoms with van der Waals surface area (Å²) in [6.07, 6.45) is 8.49. The van der Waals surface area contributed by atoms with E-state index in [-0.39, 0.29) is 23.1 Å². The number of nitrogens with two attached hydrogens (primary N) is 1. The first kappa shape index (κ1) is 30.9. The van der Waals surface area contributed by atoms with E-state index in [0.29, 0.717) is 39.9 Å². The molecule has 5 rings (SSSR count). The third-order valence-electron chi connectivity index (χ3n) is 8.17. The molecule has 6 N–H and O–H groups in total. The minimum absolute atomic E-state index is 0.0611. The van der Waals surface area contributed by atoms with Gasteiger partial charge in [-0.2, -0.15) is 4.98 Å². The normalized spacial score (nSPS) is 18.5. The number of nitrogens with zero attached hydrogens (tertiary/aromatic N) is 2. The smallest absolute Gasteiger partial charge is 0.354 e. The van der Waals surface area contributed by atoms with Crippen LogP contribution in [-0.4, -0.2) is 38.5 Å². The Labute approximate surface area is 256 Å². The average Bonchev–Trinajstić information content (AvgIpc) is 3.36. The summed E-state index contributed by atoms with van der Waals surface area (Å²) in [5, 5.41) is 15.4. The minimum Gasteiger partial charge on any atom is -0.372 e. The number of hydrogen-bond donors (Lipinski definition) is 5. The predicted molar refractivity (Wildman–Crippen MR) is 173 cm³/mol. The Hall–Kier alpha value is -3.53. The highest BCUT2D eigenvalue weighted by Crippen LogP contribution is 2.32. The quantitative estimate of drug-likeness (QED) is 0.106. The first-order valence-electron chi connectivity index (χ1n) is 15.1. The van der Waals surface area contributed by atoms with Crippen molar-refractivity contribution in [1.29, 1.82) is 5.41 Å². The maximum atomic E-state index is 15.1. The fourth-order valence-electron chi connectivity index (χ4n) is 6.13. The van der Waals surface area contributed by atoms with Crippen LogP contribution in [0.25, 0.3) is 28.0 Å². The van der Waals surface area contributed by atoms with Crippen molar-refractivity contribution < 1.29 is 4.39 Å². The van der Waals surface area contributed by atoms with Crippen LogP contribution in [-0.2, 0) is 6.42 Å². The highest BCUT2D eigenvalue weighted by atomic mass is 35.5. The van der Waals surface area contributed by atoms with Crippen LogP contribution in [0.4, 0.5) is 4.39 Å². The summed E-state index contributed by atoms with van der Waals surface area (Å²) in [7, 11) is 0. The van der Waals surface area contributed by atoms with Crippen LogP contribution in [0.15, 0.2) is 53.5 Å². The lowest BCUT2D eigenvalue weighted by Gasteiger charge is -2.33. The summed E-state index contributed by atoms with van der Waals surface area (Å²) in [6, 6.07) is 14.2. The second kappa shape index (κ2) is 13.4. The number of halogens is 2. The van der Waals surface area contributed by atoms with Crippen LogP contribution in [0.2, 0.25) is 5.02 Å². The molecule has 43 heavy (non-hydrogen) atoms. The Balaban J connectivity index is 1.35. The van der Waals surface area contributed by atoms with E-state index < -0.39 is 11.5 Å². The van der Waals surface area contributed by atoms with Crippen molar-refractivity contribution in [2.45, 2.75) is 89.9 Å². The molecule has 0 saturated carbocycles. The molecule has 2 aromatic carbocycles. The highest BCUT2D eigenvalue weighted by molar-refractivity contribution is 6.31. The predicted octanol–water partition coefficient (Wildman–Crippen LogP) is 6.39. The molecule has 8 nitrogen and oxygen atoms in total. The van der Waals surface area contributed by atoms with Gasteiger partial charge in [0.05, 0.1) is 22.2 Å². The molecular formula is C33H41ClFN7O. The molecule has 0 radical (unpaired) electrons. The zero-order valence-corrected chi connectivity index (χ0v) is 25.8. The first-order chi connectivity index (χ1) is 20.6. The van der Waals surface area contributed by atoms with Crippen LogP contribution in [0.1, 0.15) is 76.5 Å². The van der Waals surface area contributed by atoms with E-state index in [0.717, 1.165) is 50.5 Å². The van der Waals surface area contributed by atoms with E-state index in [2.05, 4.69) is 39.7 Å². The molecule has 4 atom stereocenters. The zero-order chi connectivity index (χ0) is 30.7. The molecule has 4 aromatic rings. The van der Waals surface area contributed by atoms with Crippen LogP contribution >= 0.6 is 11.6 Å². The average molecular weight is 606 g/mol. The lowest BCUT2D eigenvalue weighted by Crippen LogP contribution is -2.42. The number of aromatic amines is 1. The number of nitrogens with one attached hydrogen (secondary N) is 4. The number of aryl methyl sites for hydroxylation is 1. The van der Waals surface area contributed by atoms with E-state index in [1.165, 1.54) is 10.1 Å². The van der Waals surface area contributed by atoms with Crippen LogP contribution in [0.3, 0.4) is 0 Å². The van der Waals surface area contributed by atoms with Crippen molar-refractivity contribution in [3.05, 3.63) is 81.1 Å². The van der Waals surface area contributed by atoms with Gasteiger partial charge in [-0.3, -0.25) is 9.98 Å². The number of piperidine rings is 1. The molecule has 1 fully saturated rings. The molecule has 0 bridgehead atoms. The highest BCUT2D eigenvalue weighted by Gasteiger charge is 2.24. The Morgan fingerprint density at radius 2 is 2.00 bits per heavy atom. The molecule has 0 unspecified atom stereocenters. The van der Waals surface area contributed by atoms with Gasteiger partial charge in [-0.25, -0.2) is 9.18 Å². The van der Waals surface area contributed by atoms with Crippen molar-refractivity contribution in [2.24, 2.45) is 5.73 Å². The van der Waals surface area contributed by atoms with E-state index in [4.69, 9.17) is 22.7 Å². The molecule has 1 saturated heterocycles. The van der Waals surface area contributed by atoms with Crippen molar-refractivity contribution >= 4 is 28.5 Å². The monoisotopic (exact) mass is 605 g/mol. The second-order valence-electron chi connectivity index (χ2n) is 12.0. The molecule has 0 aliphatic carbocycles. The molecule has 2 aromatic heterocycles. The van der Waals surface area contributed by atoms with Crippen molar-refractivity contribution in [3.8, 4) is 16.9 Å². The number of aromatic nitrogens is 3. The van der Waals surface area contributed by atoms with E-state index in [9.17, 15) is 4.79 Å². The van der Waals surface area contributed by atoms with Gasteiger partial charge in [0.2, 0.25) is 0 Å². The van der Waals surface area contributed by atoms with E-state index >= 15 is 4.39 Å². The standard InChI is InChI=1S/C33H41ClFN7O/c1-19(36)6-4-7-22-15-27(31(35)28(34)16-22)30-17-24-18-42(33(43)41-32(24)40-30)26-12-10-23(11-13-26)29-9-5-8-25(39-29)14-20(2)38-21(3)37/h10-13,15-20,25,29,39H,4-9,14,36H2,1-3H3,(H2,37,38)(H,40,41,43)/t19-,20+,25-,29-/m0/s1. The summed E-state index contributed by atoms with van der Waals surface area (Å²) in [4.78, 5) is 20.4. The fourth-order valence-corrected chi connectivity index (χ4v) is 6.37. The Kier molecular flexibility index (Phi) is 9.64. The number of benzene rings is 2. The topological polar surface area (TPSA) is 125 Å². The summed E-state index contributed by atoms with van der Waals surface area (Å²) in [6.45, 7) is 5.85. The molecule has 3 heterocycles. The minimum atomic E-state index is -0.510. The maximum absolute atomic E-state index is 15.1.